The smallest absolute Gasteiger partial charge is 0.560 e. The van der Waals surface area contributed by atoms with E-state index in [-0.39, 0.29) is 34.5 Å². The molecule has 0 saturated carbocycles. The zero-order valence-electron chi connectivity index (χ0n) is 8.77. The molecule has 78 valence electrons. The van der Waals surface area contributed by atoms with E-state index in [4.69, 9.17) is 5.14 Å². The summed E-state index contributed by atoms with van der Waals surface area (Å²) in [6.45, 7) is 0. The van der Waals surface area contributed by atoms with Gasteiger partial charge in [-0.1, -0.05) is 6.07 Å². The molecule has 1 aromatic carbocycles. The van der Waals surface area contributed by atoms with E-state index in [1.54, 1.807) is 30.7 Å². The summed E-state index contributed by atoms with van der Waals surface area (Å²) in [4.78, 5) is 1.39. The number of nitrogens with one attached hydrogen (secondary N) is 1. The van der Waals surface area contributed by atoms with Crippen LogP contribution in [0.5, 0.6) is 0 Å². The van der Waals surface area contributed by atoms with Gasteiger partial charge in [0.25, 0.3) is 0 Å². The Morgan fingerprint density at radius 1 is 1.13 bits per heavy atom. The number of hydrogen-bond acceptors (Lipinski definition) is 4. The number of sulfonamides is 1. The minimum absolute atomic E-state index is 0. The maximum atomic E-state index is 11.2. The molecule has 0 aromatic heterocycles. The van der Waals surface area contributed by atoms with Gasteiger partial charge in [-0.15, -0.1) is 23.5 Å². The largest absolute Gasteiger partial charge is 1.00 e. The Hall–Kier alpha value is 0.830. The Kier molecular flexibility index (Phi) is 6.90. The summed E-state index contributed by atoms with van der Waals surface area (Å²) < 4.78 is 22.5. The Morgan fingerprint density at radius 3 is 1.80 bits per heavy atom. The van der Waals surface area contributed by atoms with Gasteiger partial charge in [-0.3, -0.25) is 0 Å². The van der Waals surface area contributed by atoms with E-state index in [0.717, 1.165) is 0 Å². The molecule has 1 rings (SSSR count). The summed E-state index contributed by atoms with van der Waals surface area (Å²) in [5.74, 6) is 0. The van der Waals surface area contributed by atoms with Crippen molar-refractivity contribution in [2.45, 2.75) is 14.7 Å². The maximum absolute atomic E-state index is 11.2. The van der Waals surface area contributed by atoms with Crippen LogP contribution in [-0.4, -0.2) is 20.9 Å². The fourth-order valence-corrected chi connectivity index (χ4v) is 3.99. The molecular formula is C8H10NNaO2S3. The maximum Gasteiger partial charge on any atom is 1.00 e. The molecule has 0 aliphatic rings. The predicted molar refractivity (Wildman–Crippen MR) is 61.5 cm³/mol. The van der Waals surface area contributed by atoms with Gasteiger partial charge in [0, 0.05) is 9.79 Å². The summed E-state index contributed by atoms with van der Waals surface area (Å²) in [6.07, 6.45) is 3.60. The fourth-order valence-electron chi connectivity index (χ4n) is 1.08. The van der Waals surface area contributed by atoms with Crippen LogP contribution in [0.4, 0.5) is 0 Å². The van der Waals surface area contributed by atoms with E-state index in [1.807, 2.05) is 0 Å². The molecule has 0 saturated heterocycles. The number of thioether (sulfide) groups is 2. The predicted octanol–water partition coefficient (Wildman–Crippen LogP) is -0.125. The van der Waals surface area contributed by atoms with Gasteiger partial charge in [-0.05, 0) is 24.6 Å². The second-order valence-corrected chi connectivity index (χ2v) is 5.61. The van der Waals surface area contributed by atoms with Crippen LogP contribution in [-0.2, 0) is 10.0 Å². The van der Waals surface area contributed by atoms with Gasteiger partial charge in [0.1, 0.15) is 10.0 Å². The summed E-state index contributed by atoms with van der Waals surface area (Å²) in [5, 5.41) is 7.11. The van der Waals surface area contributed by atoms with Crippen LogP contribution in [0.15, 0.2) is 32.9 Å². The molecule has 0 fully saturated rings. The molecule has 0 heterocycles. The van der Waals surface area contributed by atoms with Crippen LogP contribution < -0.4 is 29.6 Å². The second kappa shape index (κ2) is 6.54. The Bertz CT molecular complexity index is 411. The van der Waals surface area contributed by atoms with E-state index in [1.165, 1.54) is 23.5 Å². The van der Waals surface area contributed by atoms with Crippen LogP contribution in [0.3, 0.4) is 0 Å². The quantitative estimate of drug-likeness (QED) is 0.568. The van der Waals surface area contributed by atoms with Gasteiger partial charge in [0.2, 0.25) is 0 Å². The molecule has 1 aromatic rings. The van der Waals surface area contributed by atoms with E-state index >= 15 is 0 Å². The molecule has 3 nitrogen and oxygen atoms in total. The Balaban J connectivity index is 0.00000196. The minimum atomic E-state index is -3.88. The van der Waals surface area contributed by atoms with Crippen LogP contribution in [0.1, 0.15) is 0 Å². The third-order valence-electron chi connectivity index (χ3n) is 1.65. The van der Waals surface area contributed by atoms with E-state index in [0.29, 0.717) is 9.79 Å². The van der Waals surface area contributed by atoms with Crippen LogP contribution >= 0.6 is 23.5 Å². The van der Waals surface area contributed by atoms with Crippen molar-refractivity contribution in [3.63, 3.8) is 0 Å². The van der Waals surface area contributed by atoms with Crippen molar-refractivity contribution in [3.05, 3.63) is 23.3 Å². The van der Waals surface area contributed by atoms with E-state index in [9.17, 15) is 8.42 Å². The summed E-state index contributed by atoms with van der Waals surface area (Å²) in [6, 6.07) is 5.23. The molecule has 0 amide bonds. The Morgan fingerprint density at radius 2 is 1.53 bits per heavy atom. The first kappa shape index (κ1) is 15.8. The van der Waals surface area contributed by atoms with E-state index < -0.39 is 10.0 Å². The average Bonchev–Trinajstić information content (AvgIpc) is 2.15. The molecule has 0 spiro atoms. The van der Waals surface area contributed by atoms with Crippen molar-refractivity contribution in [3.8, 4) is 0 Å². The molecule has 7 heteroatoms. The second-order valence-electron chi connectivity index (χ2n) is 2.50. The van der Waals surface area contributed by atoms with Crippen molar-refractivity contribution in [1.82, 2.24) is 0 Å². The number of benzene rings is 1. The summed E-state index contributed by atoms with van der Waals surface area (Å²) >= 11 is 2.68. The molecule has 0 aliphatic heterocycles. The molecule has 15 heavy (non-hydrogen) atoms. The zero-order valence-corrected chi connectivity index (χ0v) is 13.2. The van der Waals surface area contributed by atoms with Gasteiger partial charge in [-0.2, -0.15) is 0 Å². The first-order valence-corrected chi connectivity index (χ1v) is 7.64. The number of rotatable bonds is 3. The van der Waals surface area contributed by atoms with Gasteiger partial charge < -0.3 is 5.14 Å². The van der Waals surface area contributed by atoms with E-state index in [2.05, 4.69) is 0 Å². The SMILES string of the molecule is CSc1cccc(SC)c1S([NH-])(=O)=O.[Na+]. The average molecular weight is 271 g/mol. The van der Waals surface area contributed by atoms with Crippen molar-refractivity contribution in [2.24, 2.45) is 0 Å². The first-order chi connectivity index (χ1) is 6.50. The van der Waals surface area contributed by atoms with Crippen molar-refractivity contribution in [1.29, 1.82) is 0 Å². The third kappa shape index (κ3) is 3.96. The van der Waals surface area contributed by atoms with Crippen molar-refractivity contribution >= 4 is 33.5 Å². The molecular weight excluding hydrogens is 261 g/mol. The summed E-state index contributed by atoms with van der Waals surface area (Å²) in [5.41, 5.74) is 0. The molecule has 0 radical (unpaired) electrons. The molecule has 0 bridgehead atoms. The van der Waals surface area contributed by atoms with Gasteiger partial charge in [-0.25, -0.2) is 8.42 Å². The molecule has 1 N–H and O–H groups in total. The summed E-state index contributed by atoms with van der Waals surface area (Å²) in [7, 11) is -3.88. The first-order valence-electron chi connectivity index (χ1n) is 3.71. The monoisotopic (exact) mass is 271 g/mol. The third-order valence-corrected chi connectivity index (χ3v) is 4.45. The van der Waals surface area contributed by atoms with Crippen LogP contribution in [0.25, 0.3) is 5.14 Å². The molecule has 0 aliphatic carbocycles. The standard InChI is InChI=1S/C8H10NO2S3.Na/c1-12-6-4-3-5-7(13-2)8(6)14(9,10)11;/h3-5H,1-2H3,(H-,9,10,11);/q-1;+1. The van der Waals surface area contributed by atoms with Gasteiger partial charge in [0.15, 0.2) is 0 Å². The van der Waals surface area contributed by atoms with Crippen LogP contribution in [0.2, 0.25) is 0 Å². The van der Waals surface area contributed by atoms with Crippen molar-refractivity contribution in [2.75, 3.05) is 12.5 Å². The topological polar surface area (TPSA) is 57.9 Å². The van der Waals surface area contributed by atoms with Crippen LogP contribution in [0, 0.1) is 0 Å². The van der Waals surface area contributed by atoms with Gasteiger partial charge >= 0.3 is 29.6 Å². The minimum Gasteiger partial charge on any atom is -0.560 e. The fraction of sp³-hybridized carbons (Fsp3) is 0.250. The molecule has 0 atom stereocenters. The van der Waals surface area contributed by atoms with Crippen molar-refractivity contribution < 1.29 is 38.0 Å². The molecule has 0 unspecified atom stereocenters. The number of hydrogen-bond donors (Lipinski definition) is 0. The zero-order chi connectivity index (χ0) is 10.8. The Labute approximate surface area is 121 Å². The normalized spacial score (nSPS) is 10.9. The van der Waals surface area contributed by atoms with Gasteiger partial charge in [0.05, 0.1) is 4.90 Å².